The van der Waals surface area contributed by atoms with Gasteiger partial charge in [0.05, 0.1) is 18.8 Å². The van der Waals surface area contributed by atoms with Gasteiger partial charge in [-0.05, 0) is 18.2 Å². The molecule has 2 aromatic heterocycles. The number of nitrogens with one attached hydrogen (secondary N) is 1. The molecule has 1 saturated heterocycles. The van der Waals surface area contributed by atoms with E-state index < -0.39 is 18.3 Å². The molecule has 0 saturated carbocycles. The van der Waals surface area contributed by atoms with Crippen molar-refractivity contribution in [3.05, 3.63) is 34.1 Å². The Kier molecular flexibility index (Phi) is 3.17. The summed E-state index contributed by atoms with van der Waals surface area (Å²) in [5, 5.41) is 19.5. The van der Waals surface area contributed by atoms with Crippen molar-refractivity contribution in [2.24, 2.45) is 0 Å². The van der Waals surface area contributed by atoms with Crippen LogP contribution in [0.2, 0.25) is 0 Å². The summed E-state index contributed by atoms with van der Waals surface area (Å²) in [7, 11) is 0. The summed E-state index contributed by atoms with van der Waals surface area (Å²) in [4.78, 5) is 18.8. The van der Waals surface area contributed by atoms with E-state index in [0.29, 0.717) is 17.0 Å². The van der Waals surface area contributed by atoms with Gasteiger partial charge in [0, 0.05) is 17.4 Å². The standard InChI is InChI=1S/C13H15N3O4/c14-11-2-1-6-3-7(13(19)16-12(6)15-11)9-4-8(18)10(5-17)20-9/h1-3,8-10,17-18H,4-5H2,(H3,14,15,16,19)/t8-,9+,10+/m0/s1. The van der Waals surface area contributed by atoms with Crippen molar-refractivity contribution in [1.29, 1.82) is 0 Å². The van der Waals surface area contributed by atoms with E-state index in [4.69, 9.17) is 15.6 Å². The largest absolute Gasteiger partial charge is 0.394 e. The summed E-state index contributed by atoms with van der Waals surface area (Å²) in [5.41, 5.74) is 6.07. The third-order valence-corrected chi connectivity index (χ3v) is 3.50. The van der Waals surface area contributed by atoms with Gasteiger partial charge < -0.3 is 25.7 Å². The second-order valence-corrected chi connectivity index (χ2v) is 4.88. The van der Waals surface area contributed by atoms with Crippen molar-refractivity contribution >= 4 is 16.9 Å². The van der Waals surface area contributed by atoms with Crippen LogP contribution >= 0.6 is 0 Å². The summed E-state index contributed by atoms with van der Waals surface area (Å²) in [6, 6.07) is 5.08. The molecular weight excluding hydrogens is 262 g/mol. The van der Waals surface area contributed by atoms with Crippen molar-refractivity contribution in [3.63, 3.8) is 0 Å². The Morgan fingerprint density at radius 2 is 2.30 bits per heavy atom. The zero-order chi connectivity index (χ0) is 14.3. The van der Waals surface area contributed by atoms with E-state index in [0.717, 1.165) is 5.39 Å². The van der Waals surface area contributed by atoms with Crippen LogP contribution in [0.25, 0.3) is 11.0 Å². The monoisotopic (exact) mass is 277 g/mol. The molecule has 3 heterocycles. The second kappa shape index (κ2) is 4.86. The lowest BCUT2D eigenvalue weighted by molar-refractivity contribution is -0.0228. The smallest absolute Gasteiger partial charge is 0.255 e. The highest BCUT2D eigenvalue weighted by Gasteiger charge is 2.35. The molecule has 1 fully saturated rings. The molecule has 0 radical (unpaired) electrons. The van der Waals surface area contributed by atoms with E-state index in [1.165, 1.54) is 0 Å². The topological polar surface area (TPSA) is 121 Å². The second-order valence-electron chi connectivity index (χ2n) is 4.88. The number of fused-ring (bicyclic) bond motifs is 1. The Bertz CT molecular complexity index is 700. The Morgan fingerprint density at radius 1 is 1.50 bits per heavy atom. The van der Waals surface area contributed by atoms with Crippen LogP contribution in [0.1, 0.15) is 18.1 Å². The average molecular weight is 277 g/mol. The molecule has 7 heteroatoms. The van der Waals surface area contributed by atoms with Gasteiger partial charge in [-0.2, -0.15) is 0 Å². The van der Waals surface area contributed by atoms with Gasteiger partial charge in [0.25, 0.3) is 5.56 Å². The van der Waals surface area contributed by atoms with Gasteiger partial charge in [-0.1, -0.05) is 0 Å². The van der Waals surface area contributed by atoms with Crippen LogP contribution < -0.4 is 11.3 Å². The van der Waals surface area contributed by atoms with Gasteiger partial charge in [0.15, 0.2) is 0 Å². The highest BCUT2D eigenvalue weighted by Crippen LogP contribution is 2.31. The number of aliphatic hydroxyl groups is 2. The summed E-state index contributed by atoms with van der Waals surface area (Å²) in [5.74, 6) is 0.328. The van der Waals surface area contributed by atoms with Crippen molar-refractivity contribution in [2.45, 2.75) is 24.7 Å². The van der Waals surface area contributed by atoms with Crippen LogP contribution in [-0.4, -0.2) is 39.0 Å². The van der Waals surface area contributed by atoms with Crippen LogP contribution in [-0.2, 0) is 4.74 Å². The molecule has 0 aromatic carbocycles. The average Bonchev–Trinajstić information content (AvgIpc) is 2.79. The lowest BCUT2D eigenvalue weighted by Gasteiger charge is -2.12. The Morgan fingerprint density at radius 3 is 3.00 bits per heavy atom. The molecule has 3 rings (SSSR count). The molecule has 0 amide bonds. The Labute approximate surface area is 114 Å². The van der Waals surface area contributed by atoms with Crippen LogP contribution in [0.3, 0.4) is 0 Å². The lowest BCUT2D eigenvalue weighted by atomic mass is 10.0. The minimum atomic E-state index is -0.773. The van der Waals surface area contributed by atoms with Crippen LogP contribution in [0, 0.1) is 0 Å². The molecule has 0 spiro atoms. The van der Waals surface area contributed by atoms with Crippen LogP contribution in [0.4, 0.5) is 5.82 Å². The van der Waals surface area contributed by atoms with Gasteiger partial charge in [-0.3, -0.25) is 4.79 Å². The molecule has 5 N–H and O–H groups in total. The maximum absolute atomic E-state index is 12.1. The van der Waals surface area contributed by atoms with E-state index >= 15 is 0 Å². The molecule has 3 atom stereocenters. The third-order valence-electron chi connectivity index (χ3n) is 3.50. The first-order valence-corrected chi connectivity index (χ1v) is 6.32. The van der Waals surface area contributed by atoms with Gasteiger partial charge in [-0.25, -0.2) is 4.98 Å². The molecule has 1 aliphatic heterocycles. The molecule has 0 unspecified atom stereocenters. The summed E-state index contributed by atoms with van der Waals surface area (Å²) < 4.78 is 5.50. The zero-order valence-electron chi connectivity index (χ0n) is 10.6. The minimum Gasteiger partial charge on any atom is -0.394 e. The minimum absolute atomic E-state index is 0.277. The van der Waals surface area contributed by atoms with Crippen LogP contribution in [0.15, 0.2) is 23.0 Å². The Hall–Kier alpha value is -1.96. The number of nitrogens with two attached hydrogens (primary N) is 1. The number of aliphatic hydroxyl groups excluding tert-OH is 2. The number of hydrogen-bond donors (Lipinski definition) is 4. The first-order chi connectivity index (χ1) is 9.58. The molecule has 0 bridgehead atoms. The maximum atomic E-state index is 12.1. The molecule has 7 nitrogen and oxygen atoms in total. The van der Waals surface area contributed by atoms with Gasteiger partial charge in [0.2, 0.25) is 0 Å². The normalized spacial score (nSPS) is 26.2. The lowest BCUT2D eigenvalue weighted by Crippen LogP contribution is -2.24. The number of H-pyrrole nitrogens is 1. The summed E-state index contributed by atoms with van der Waals surface area (Å²) >= 11 is 0. The fraction of sp³-hybridized carbons (Fsp3) is 0.385. The molecule has 1 aliphatic rings. The van der Waals surface area contributed by atoms with Crippen LogP contribution in [0.5, 0.6) is 0 Å². The van der Waals surface area contributed by atoms with E-state index in [-0.39, 0.29) is 18.6 Å². The SMILES string of the molecule is Nc1ccc2cc([C@H]3C[C@H](O)[C@@H](CO)O3)c(=O)[nH]c2n1. The van der Waals surface area contributed by atoms with Crippen molar-refractivity contribution < 1.29 is 14.9 Å². The van der Waals surface area contributed by atoms with E-state index in [9.17, 15) is 9.90 Å². The van der Waals surface area contributed by atoms with E-state index in [1.54, 1.807) is 18.2 Å². The molecule has 106 valence electrons. The first-order valence-electron chi connectivity index (χ1n) is 6.32. The number of hydrogen-bond acceptors (Lipinski definition) is 6. The number of rotatable bonds is 2. The molecule has 20 heavy (non-hydrogen) atoms. The van der Waals surface area contributed by atoms with E-state index in [1.807, 2.05) is 0 Å². The number of aromatic amines is 1. The highest BCUT2D eigenvalue weighted by molar-refractivity contribution is 5.76. The fourth-order valence-electron chi connectivity index (χ4n) is 2.45. The number of nitrogens with zero attached hydrogens (tertiary/aromatic N) is 1. The number of nitrogen functional groups attached to an aromatic ring is 1. The third kappa shape index (κ3) is 2.15. The van der Waals surface area contributed by atoms with Crippen molar-refractivity contribution in [3.8, 4) is 0 Å². The first kappa shape index (κ1) is 13.0. The van der Waals surface area contributed by atoms with Crippen molar-refractivity contribution in [2.75, 3.05) is 12.3 Å². The zero-order valence-corrected chi connectivity index (χ0v) is 10.6. The Balaban J connectivity index is 2.02. The molecule has 0 aliphatic carbocycles. The van der Waals surface area contributed by atoms with Crippen molar-refractivity contribution in [1.82, 2.24) is 9.97 Å². The quantitative estimate of drug-likeness (QED) is 0.597. The predicted molar refractivity (Wildman–Crippen MR) is 72.1 cm³/mol. The number of ether oxygens (including phenoxy) is 1. The summed E-state index contributed by atoms with van der Waals surface area (Å²) in [6.07, 6.45) is -1.68. The number of aromatic nitrogens is 2. The van der Waals surface area contributed by atoms with Gasteiger partial charge in [0.1, 0.15) is 17.6 Å². The number of anilines is 1. The van der Waals surface area contributed by atoms with Gasteiger partial charge >= 0.3 is 0 Å². The highest BCUT2D eigenvalue weighted by atomic mass is 16.5. The fourth-order valence-corrected chi connectivity index (χ4v) is 2.45. The molecular formula is C13H15N3O4. The maximum Gasteiger partial charge on any atom is 0.255 e. The van der Waals surface area contributed by atoms with Gasteiger partial charge in [-0.15, -0.1) is 0 Å². The summed E-state index contributed by atoms with van der Waals surface area (Å²) in [6.45, 7) is -0.277. The number of pyridine rings is 2. The molecule has 2 aromatic rings. The predicted octanol–water partition coefficient (Wildman–Crippen LogP) is -0.312. The van der Waals surface area contributed by atoms with E-state index in [2.05, 4.69) is 9.97 Å².